The van der Waals surface area contributed by atoms with Gasteiger partial charge in [0.15, 0.2) is 6.61 Å². The summed E-state index contributed by atoms with van der Waals surface area (Å²) in [4.78, 5) is 22.7. The molecule has 3 aromatic heterocycles. The third kappa shape index (κ3) is 7.89. The highest BCUT2D eigenvalue weighted by Gasteiger charge is 2.55. The molecule has 4 heterocycles. The summed E-state index contributed by atoms with van der Waals surface area (Å²) in [5, 5.41) is 18.7. The van der Waals surface area contributed by atoms with E-state index in [-0.39, 0.29) is 41.2 Å². The minimum Gasteiger partial charge on any atom is -0.487 e. The van der Waals surface area contributed by atoms with E-state index in [1.165, 1.54) is 6.33 Å². The molecule has 256 valence electrons. The summed E-state index contributed by atoms with van der Waals surface area (Å²) in [5.41, 5.74) is 0.934. The van der Waals surface area contributed by atoms with Crippen LogP contribution in [0, 0.1) is 5.41 Å². The van der Waals surface area contributed by atoms with Crippen LogP contribution in [-0.4, -0.2) is 88.5 Å². The van der Waals surface area contributed by atoms with Crippen molar-refractivity contribution in [1.82, 2.24) is 44.9 Å². The fraction of sp³-hybridized carbons (Fsp3) is 0.500. The van der Waals surface area contributed by atoms with Crippen LogP contribution >= 0.6 is 11.6 Å². The minimum atomic E-state index is -4.55. The molecule has 4 aromatic rings. The topological polar surface area (TPSA) is 147 Å². The Balaban J connectivity index is 1.11. The number of amides is 1. The molecule has 1 spiro atoms. The number of likely N-dealkylation sites (tertiary alicyclic amines) is 1. The Morgan fingerprint density at radius 1 is 1.15 bits per heavy atom. The first-order valence-electron chi connectivity index (χ1n) is 15.2. The summed E-state index contributed by atoms with van der Waals surface area (Å²) >= 11 is 6.38. The zero-order chi connectivity index (χ0) is 34.3. The molecule has 1 N–H and O–H groups in total. The lowest BCUT2D eigenvalue weighted by Gasteiger charge is -2.58. The molecule has 2 aliphatic rings. The van der Waals surface area contributed by atoms with Crippen LogP contribution in [0.5, 0.6) is 11.6 Å². The van der Waals surface area contributed by atoms with Crippen LogP contribution in [0.25, 0.3) is 11.1 Å². The Bertz CT molecular complexity index is 1730. The van der Waals surface area contributed by atoms with Crippen LogP contribution in [0.15, 0.2) is 43.1 Å². The molecule has 48 heavy (non-hydrogen) atoms. The predicted octanol–water partition coefficient (Wildman–Crippen LogP) is 5.70. The quantitative estimate of drug-likeness (QED) is 0.218. The van der Waals surface area contributed by atoms with Crippen molar-refractivity contribution >= 4 is 29.3 Å². The molecule has 6 rings (SSSR count). The first-order chi connectivity index (χ1) is 22.6. The molecule has 0 radical (unpaired) electrons. The zero-order valence-corrected chi connectivity index (χ0v) is 27.4. The van der Waals surface area contributed by atoms with Crippen molar-refractivity contribution in [3.63, 3.8) is 0 Å². The van der Waals surface area contributed by atoms with Gasteiger partial charge in [0, 0.05) is 36.5 Å². The normalized spacial score (nSPS) is 16.6. The zero-order valence-electron chi connectivity index (χ0n) is 26.6. The maximum absolute atomic E-state index is 13.0. The van der Waals surface area contributed by atoms with Gasteiger partial charge in [-0.3, -0.25) is 4.68 Å². The third-order valence-corrected chi connectivity index (χ3v) is 8.13. The summed E-state index contributed by atoms with van der Waals surface area (Å²) < 4.78 is 58.8. The maximum atomic E-state index is 13.0. The summed E-state index contributed by atoms with van der Waals surface area (Å²) in [6, 6.07) is 5.18. The van der Waals surface area contributed by atoms with Gasteiger partial charge in [-0.2, -0.15) is 13.2 Å². The van der Waals surface area contributed by atoms with Crippen molar-refractivity contribution in [2.45, 2.75) is 71.0 Å². The molecule has 1 saturated carbocycles. The molecule has 2 fully saturated rings. The number of ether oxygens (including phenoxy) is 3. The van der Waals surface area contributed by atoms with Gasteiger partial charge in [-0.1, -0.05) is 17.7 Å². The predicted molar refractivity (Wildman–Crippen MR) is 166 cm³/mol. The number of hydrogen-bond acceptors (Lipinski definition) is 11. The van der Waals surface area contributed by atoms with E-state index in [9.17, 15) is 18.0 Å². The molecular weight excluding hydrogens is 657 g/mol. The summed E-state index contributed by atoms with van der Waals surface area (Å²) in [5.74, 6) is 0.362. The van der Waals surface area contributed by atoms with Crippen molar-refractivity contribution in [2.24, 2.45) is 5.41 Å². The maximum Gasteiger partial charge on any atom is 0.422 e. The SMILES string of the molecule is CC(Cn1cnnn1)Oc1cc(-c2cnc(Nc3cn(C4CC5(C4)CN(C(=O)OC(C)(C)C)C5)nc3OCC(F)(F)F)nc2)ccc1Cl. The van der Waals surface area contributed by atoms with Gasteiger partial charge in [0.2, 0.25) is 5.95 Å². The number of benzene rings is 1. The molecule has 0 bridgehead atoms. The first-order valence-corrected chi connectivity index (χ1v) is 15.5. The van der Waals surface area contributed by atoms with Gasteiger partial charge in [0.25, 0.3) is 5.88 Å². The smallest absolute Gasteiger partial charge is 0.422 e. The number of tetrazole rings is 1. The number of anilines is 2. The van der Waals surface area contributed by atoms with E-state index in [0.29, 0.717) is 48.8 Å². The molecule has 14 nitrogen and oxygen atoms in total. The third-order valence-electron chi connectivity index (χ3n) is 7.81. The highest BCUT2D eigenvalue weighted by atomic mass is 35.5. The Morgan fingerprint density at radius 2 is 1.88 bits per heavy atom. The van der Waals surface area contributed by atoms with Crippen LogP contribution in [-0.2, 0) is 11.3 Å². The van der Waals surface area contributed by atoms with E-state index in [4.69, 9.17) is 25.8 Å². The van der Waals surface area contributed by atoms with Gasteiger partial charge in [-0.25, -0.2) is 19.4 Å². The number of hydrogen-bond donors (Lipinski definition) is 1. The highest BCUT2D eigenvalue weighted by molar-refractivity contribution is 6.32. The van der Waals surface area contributed by atoms with Crippen LogP contribution in [0.2, 0.25) is 5.02 Å². The first kappa shape index (κ1) is 33.2. The molecule has 1 aliphatic carbocycles. The standard InChI is InChI=1S/C30H34ClF3N10O4/c1-18(12-43-17-37-40-41-43)47-24-7-19(5-6-22(24)31)20-10-35-26(36-11-20)38-23-13-44(39-25(23)46-16-30(32,33)34)21-8-29(9-21)14-42(15-29)27(45)48-28(2,3)4/h5-7,10-11,13,17-18,21H,8-9,12,14-16H2,1-4H3,(H,35,36,38). The molecule has 18 heteroatoms. The van der Waals surface area contributed by atoms with Crippen LogP contribution < -0.4 is 14.8 Å². The van der Waals surface area contributed by atoms with Gasteiger partial charge < -0.3 is 24.4 Å². The van der Waals surface area contributed by atoms with E-state index in [0.717, 1.165) is 5.56 Å². The second-order valence-electron chi connectivity index (χ2n) is 13.2. The molecule has 1 aromatic carbocycles. The fourth-order valence-electron chi connectivity index (χ4n) is 5.73. The number of nitrogens with zero attached hydrogens (tertiary/aromatic N) is 9. The molecule has 1 saturated heterocycles. The van der Waals surface area contributed by atoms with E-state index in [2.05, 4.69) is 35.9 Å². The van der Waals surface area contributed by atoms with Crippen molar-refractivity contribution < 1.29 is 32.2 Å². The lowest BCUT2D eigenvalue weighted by molar-refractivity contribution is -0.154. The van der Waals surface area contributed by atoms with Crippen molar-refractivity contribution in [3.8, 4) is 22.8 Å². The lowest BCUT2D eigenvalue weighted by Crippen LogP contribution is -2.64. The second-order valence-corrected chi connectivity index (χ2v) is 13.6. The highest BCUT2D eigenvalue weighted by Crippen LogP contribution is 2.54. The van der Waals surface area contributed by atoms with Crippen LogP contribution in [0.4, 0.5) is 29.6 Å². The van der Waals surface area contributed by atoms with Crippen LogP contribution in [0.1, 0.15) is 46.6 Å². The average molecular weight is 691 g/mol. The average Bonchev–Trinajstić information content (AvgIpc) is 3.60. The number of rotatable bonds is 10. The monoisotopic (exact) mass is 690 g/mol. The fourth-order valence-corrected chi connectivity index (χ4v) is 5.89. The summed E-state index contributed by atoms with van der Waals surface area (Å²) in [7, 11) is 0. The Morgan fingerprint density at radius 3 is 2.52 bits per heavy atom. The van der Waals surface area contributed by atoms with Crippen molar-refractivity contribution in [3.05, 3.63) is 48.1 Å². The Labute approximate surface area is 278 Å². The molecule has 1 unspecified atom stereocenters. The Kier molecular flexibility index (Phi) is 8.82. The minimum absolute atomic E-state index is 0.0631. The number of carbonyl (C=O) groups excluding carboxylic acids is 1. The van der Waals surface area contributed by atoms with Crippen molar-refractivity contribution in [1.29, 1.82) is 0 Å². The van der Waals surface area contributed by atoms with Gasteiger partial charge in [0.05, 0.1) is 23.8 Å². The van der Waals surface area contributed by atoms with E-state index in [1.807, 2.05) is 27.7 Å². The summed E-state index contributed by atoms with van der Waals surface area (Å²) in [6.45, 7) is 7.33. The van der Waals surface area contributed by atoms with Gasteiger partial charge in [-0.05, 0) is 68.7 Å². The Hall–Kier alpha value is -4.67. The number of halogens is 4. The number of nitrogens with one attached hydrogen (secondary N) is 1. The van der Waals surface area contributed by atoms with Gasteiger partial charge >= 0.3 is 12.3 Å². The number of carbonyl (C=O) groups is 1. The molecular formula is C30H34ClF3N10O4. The van der Waals surface area contributed by atoms with E-state index >= 15 is 0 Å². The van der Waals surface area contributed by atoms with Crippen molar-refractivity contribution in [2.75, 3.05) is 25.0 Å². The number of aromatic nitrogens is 8. The van der Waals surface area contributed by atoms with Gasteiger partial charge in [0.1, 0.15) is 29.5 Å². The second kappa shape index (κ2) is 12.7. The molecule has 1 aliphatic heterocycles. The largest absolute Gasteiger partial charge is 0.487 e. The lowest BCUT2D eigenvalue weighted by atomic mass is 9.61. The number of alkyl halides is 3. The summed E-state index contributed by atoms with van der Waals surface area (Å²) in [6.07, 6.45) is 2.43. The molecule has 1 atom stereocenters. The molecule has 1 amide bonds. The van der Waals surface area contributed by atoms with Gasteiger partial charge in [-0.15, -0.1) is 10.2 Å². The van der Waals surface area contributed by atoms with E-state index in [1.54, 1.807) is 51.1 Å². The van der Waals surface area contributed by atoms with E-state index < -0.39 is 18.4 Å². The van der Waals surface area contributed by atoms with Crippen LogP contribution in [0.3, 0.4) is 0 Å².